The molecule has 4 aromatic rings. The van der Waals surface area contributed by atoms with E-state index >= 15 is 4.39 Å². The van der Waals surface area contributed by atoms with Crippen LogP contribution in [0.3, 0.4) is 0 Å². The molecular formula is C51H58F9N11O8. The number of aliphatic hydroxyl groups is 1. The Kier molecular flexibility index (Phi) is 18.1. The molecule has 3 fully saturated rings. The second-order valence-corrected chi connectivity index (χ2v) is 20.5. The lowest BCUT2D eigenvalue weighted by atomic mass is 9.82. The molecule has 3 saturated heterocycles. The van der Waals surface area contributed by atoms with Crippen molar-refractivity contribution >= 4 is 29.9 Å². The third-order valence-electron chi connectivity index (χ3n) is 14.4. The number of aliphatic hydroxyl groups excluding tert-OH is 1. The third-order valence-corrected chi connectivity index (χ3v) is 14.4. The summed E-state index contributed by atoms with van der Waals surface area (Å²) in [5.74, 6) is 2.29. The van der Waals surface area contributed by atoms with E-state index in [0.29, 0.717) is 78.1 Å². The highest BCUT2D eigenvalue weighted by Gasteiger charge is 2.57. The SMILES string of the molecule is COC(=O)N[C@H](C(=O)N[C@@H](Cc1ccc(C#Cc2cnc(N3CC4CCC(C3)N4C3COC3)nc2)cc1)[C@@H](O)CN(Cc1ccc(-c2ccn(C(F)F)n2)cc1F)NC(=O)[C@@H](NC(=O)O)C(C)(C)C(F)(F)F)C(C)(C)C(F)(F)F. The van der Waals surface area contributed by atoms with Gasteiger partial charge in [0.15, 0.2) is 0 Å². The van der Waals surface area contributed by atoms with Gasteiger partial charge in [0.05, 0.1) is 60.6 Å². The van der Waals surface area contributed by atoms with Crippen molar-refractivity contribution in [1.29, 1.82) is 0 Å². The predicted molar refractivity (Wildman–Crippen MR) is 263 cm³/mol. The largest absolute Gasteiger partial charge is 0.465 e. The van der Waals surface area contributed by atoms with Crippen LogP contribution in [0.2, 0.25) is 0 Å². The molecule has 428 valence electrons. The smallest absolute Gasteiger partial charge is 0.407 e. The van der Waals surface area contributed by atoms with Gasteiger partial charge in [0.25, 0.3) is 5.91 Å². The monoisotopic (exact) mass is 1120 g/mol. The minimum atomic E-state index is -5.22. The molecular weight excluding hydrogens is 1070 g/mol. The maximum absolute atomic E-state index is 16.0. The van der Waals surface area contributed by atoms with Crippen LogP contribution in [0, 0.1) is 28.5 Å². The van der Waals surface area contributed by atoms with Gasteiger partial charge in [0.1, 0.15) is 17.9 Å². The molecule has 2 unspecified atom stereocenters. The van der Waals surface area contributed by atoms with E-state index in [1.807, 2.05) is 5.32 Å². The summed E-state index contributed by atoms with van der Waals surface area (Å²) in [6, 6.07) is 4.92. The number of hydrazine groups is 1. The number of benzene rings is 2. The first-order valence-corrected chi connectivity index (χ1v) is 24.7. The average molecular weight is 1120 g/mol. The summed E-state index contributed by atoms with van der Waals surface area (Å²) in [4.78, 5) is 65.9. The summed E-state index contributed by atoms with van der Waals surface area (Å²) in [5.41, 5.74) is -3.25. The number of carboxylic acid groups (broad SMARTS) is 1. The van der Waals surface area contributed by atoms with Gasteiger partial charge < -0.3 is 40.5 Å². The van der Waals surface area contributed by atoms with Crippen LogP contribution >= 0.6 is 0 Å². The van der Waals surface area contributed by atoms with Crippen molar-refractivity contribution in [2.24, 2.45) is 10.8 Å². The number of rotatable bonds is 19. The fourth-order valence-corrected chi connectivity index (χ4v) is 9.45. The molecule has 79 heavy (non-hydrogen) atoms. The predicted octanol–water partition coefficient (Wildman–Crippen LogP) is 5.79. The van der Waals surface area contributed by atoms with Gasteiger partial charge in [-0.15, -0.1) is 0 Å². The lowest BCUT2D eigenvalue weighted by Gasteiger charge is -2.47. The van der Waals surface area contributed by atoms with Gasteiger partial charge in [0.2, 0.25) is 11.9 Å². The summed E-state index contributed by atoms with van der Waals surface area (Å²) in [5, 5.41) is 31.6. The number of piperazine rings is 1. The van der Waals surface area contributed by atoms with Gasteiger partial charge >= 0.3 is 31.1 Å². The molecule has 28 heteroatoms. The molecule has 6 atom stereocenters. The Balaban J connectivity index is 1.16. The number of methoxy groups -OCH3 is 1. The Labute approximate surface area is 447 Å². The van der Waals surface area contributed by atoms with Crippen molar-refractivity contribution in [2.75, 3.05) is 44.9 Å². The van der Waals surface area contributed by atoms with Gasteiger partial charge in [0, 0.05) is 73.5 Å². The van der Waals surface area contributed by atoms with E-state index in [9.17, 15) is 64.5 Å². The van der Waals surface area contributed by atoms with Gasteiger partial charge in [-0.05, 0) is 76.8 Å². The van der Waals surface area contributed by atoms with Crippen molar-refractivity contribution < 1.29 is 78.4 Å². The number of alkyl carbamates (subject to hydrolysis) is 1. The van der Waals surface area contributed by atoms with Crippen molar-refractivity contribution in [2.45, 2.75) is 115 Å². The average Bonchev–Trinajstić information content (AvgIpc) is 4.10. The highest BCUT2D eigenvalue weighted by Crippen LogP contribution is 2.42. The van der Waals surface area contributed by atoms with Crippen LogP contribution in [-0.4, -0.2) is 159 Å². The first kappa shape index (κ1) is 59.4. The molecule has 4 amide bonds. The standard InChI is InChI=1S/C51H58F9N11O8/c1-48(2,50(55,56)57)40(65-47(77)78-5)42(73)63-38(18-29-9-6-28(7-10-29)8-11-30-20-61-45(62-21-30)68-23-33-14-15-34(24-68)71(33)35-26-79-27-35)39(72)25-69(67-43(74)41(64-46(75)76)49(3,4)51(58,59)60)22-32-13-12-31(19-36(32)52)37-16-17-70(66-37)44(53)54/h6-7,9-10,12-13,16-17,19-21,33-35,38-41,44,64,72H,14-15,18,22-27H2,1-5H3,(H,63,73)(H,65,77)(H,67,74)(H,75,76)/t33?,34?,38-,39-,40+,41+/m0/s1. The normalized spacial score (nSPS) is 18.7. The van der Waals surface area contributed by atoms with Gasteiger partial charge in [-0.2, -0.15) is 40.2 Å². The number of nitrogens with one attached hydrogen (secondary N) is 4. The molecule has 2 aromatic carbocycles. The molecule has 3 aliphatic heterocycles. The summed E-state index contributed by atoms with van der Waals surface area (Å²) in [7, 11) is 0.833. The Morgan fingerprint density at radius 3 is 1.94 bits per heavy atom. The molecule has 7 rings (SSSR count). The number of fused-ring (bicyclic) bond motifs is 2. The summed E-state index contributed by atoms with van der Waals surface area (Å²) < 4.78 is 139. The topological polar surface area (TPSA) is 229 Å². The van der Waals surface area contributed by atoms with Gasteiger partial charge in [-0.1, -0.05) is 36.1 Å². The molecule has 0 aliphatic carbocycles. The molecule has 2 aromatic heterocycles. The highest BCUT2D eigenvalue weighted by molar-refractivity contribution is 5.87. The number of halogens is 9. The second kappa shape index (κ2) is 24.0. The summed E-state index contributed by atoms with van der Waals surface area (Å²) in [6.07, 6.45) is -10.1. The zero-order valence-electron chi connectivity index (χ0n) is 43.2. The quantitative estimate of drug-likeness (QED) is 0.0372. The van der Waals surface area contributed by atoms with E-state index in [4.69, 9.17) is 4.74 Å². The molecule has 0 spiro atoms. The van der Waals surface area contributed by atoms with Crippen LogP contribution in [-0.2, 0) is 32.0 Å². The molecule has 0 saturated carbocycles. The zero-order valence-corrected chi connectivity index (χ0v) is 43.2. The maximum atomic E-state index is 16.0. The third kappa shape index (κ3) is 14.0. The Hall–Kier alpha value is -7.22. The highest BCUT2D eigenvalue weighted by atomic mass is 19.4. The van der Waals surface area contributed by atoms with Crippen LogP contribution < -0.4 is 26.3 Å². The van der Waals surface area contributed by atoms with Gasteiger partial charge in [-0.25, -0.2) is 33.6 Å². The molecule has 6 N–H and O–H groups in total. The number of amides is 4. The van der Waals surface area contributed by atoms with Crippen molar-refractivity contribution in [3.63, 3.8) is 0 Å². The number of carbonyl (C=O) groups excluding carboxylic acids is 3. The molecule has 19 nitrogen and oxygen atoms in total. The van der Waals surface area contributed by atoms with E-state index in [2.05, 4.69) is 52.2 Å². The van der Waals surface area contributed by atoms with E-state index in [-0.39, 0.29) is 16.8 Å². The van der Waals surface area contributed by atoms with Crippen molar-refractivity contribution in [3.8, 4) is 23.1 Å². The number of anilines is 1. The Bertz CT molecular complexity index is 2860. The van der Waals surface area contributed by atoms with Crippen LogP contribution in [0.5, 0.6) is 0 Å². The summed E-state index contributed by atoms with van der Waals surface area (Å²) in [6.45, 7) is 0.470. The van der Waals surface area contributed by atoms with Crippen LogP contribution in [0.1, 0.15) is 69.3 Å². The number of aromatic nitrogens is 4. The fourth-order valence-electron chi connectivity index (χ4n) is 9.45. The Morgan fingerprint density at radius 1 is 0.823 bits per heavy atom. The number of ether oxygens (including phenoxy) is 2. The summed E-state index contributed by atoms with van der Waals surface area (Å²) >= 11 is 0. The molecule has 2 bridgehead atoms. The number of alkyl halides is 8. The molecule has 3 aliphatic rings. The minimum absolute atomic E-state index is 0.0136. The lowest BCUT2D eigenvalue weighted by molar-refractivity contribution is -0.221. The minimum Gasteiger partial charge on any atom is -0.465 e. The molecule has 5 heterocycles. The maximum Gasteiger partial charge on any atom is 0.407 e. The van der Waals surface area contributed by atoms with E-state index in [1.54, 1.807) is 24.5 Å². The van der Waals surface area contributed by atoms with Crippen molar-refractivity contribution in [3.05, 3.63) is 95.2 Å². The first-order valence-electron chi connectivity index (χ1n) is 24.7. The number of hydrogen-bond donors (Lipinski definition) is 6. The number of hydrogen-bond acceptors (Lipinski definition) is 13. The number of nitrogens with zero attached hydrogens (tertiary/aromatic N) is 7. The first-order chi connectivity index (χ1) is 37.1. The van der Waals surface area contributed by atoms with E-state index < -0.39 is 103 Å². The second-order valence-electron chi connectivity index (χ2n) is 20.5. The van der Waals surface area contributed by atoms with Crippen molar-refractivity contribution in [1.82, 2.24) is 51.0 Å². The van der Waals surface area contributed by atoms with E-state index in [1.165, 1.54) is 23.5 Å². The van der Waals surface area contributed by atoms with Crippen LogP contribution in [0.4, 0.5) is 55.1 Å². The van der Waals surface area contributed by atoms with Crippen LogP contribution in [0.25, 0.3) is 11.3 Å². The number of carbonyl (C=O) groups is 4. The lowest BCUT2D eigenvalue weighted by Crippen LogP contribution is -2.63. The van der Waals surface area contributed by atoms with E-state index in [0.717, 1.165) is 70.7 Å². The van der Waals surface area contributed by atoms with Gasteiger partial charge in [-0.3, -0.25) is 19.9 Å². The fraction of sp³-hybridized carbons (Fsp3) is 0.510. The molecule has 0 radical (unpaired) electrons. The zero-order chi connectivity index (χ0) is 57.8. The Morgan fingerprint density at radius 2 is 1.42 bits per heavy atom. The van der Waals surface area contributed by atoms with Crippen LogP contribution in [0.15, 0.2) is 67.1 Å².